The number of halogens is 1. The molecule has 3 fully saturated rings. The number of piperidine rings is 1. The first-order valence-electron chi connectivity index (χ1n) is 12.1. The molecule has 4 rings (SSSR count). The Bertz CT molecular complexity index is 866. The second-order valence-corrected chi connectivity index (χ2v) is 9.65. The van der Waals surface area contributed by atoms with Gasteiger partial charge in [-0.25, -0.2) is 4.79 Å². The van der Waals surface area contributed by atoms with E-state index < -0.39 is 6.03 Å². The maximum Gasteiger partial charge on any atom is 0.328 e. The van der Waals surface area contributed by atoms with Crippen molar-refractivity contribution < 1.29 is 14.4 Å². The van der Waals surface area contributed by atoms with E-state index in [1.807, 2.05) is 4.90 Å². The van der Waals surface area contributed by atoms with Crippen LogP contribution in [0, 0.1) is 5.92 Å². The number of anilines is 1. The van der Waals surface area contributed by atoms with Crippen LogP contribution < -0.4 is 15.5 Å². The Morgan fingerprint density at radius 1 is 1.03 bits per heavy atom. The van der Waals surface area contributed by atoms with Gasteiger partial charge in [-0.05, 0) is 63.0 Å². The summed E-state index contributed by atoms with van der Waals surface area (Å²) in [5.41, 5.74) is 0.967. The molecule has 0 unspecified atom stereocenters. The zero-order chi connectivity index (χ0) is 23.2. The fourth-order valence-corrected chi connectivity index (χ4v) is 5.16. The van der Waals surface area contributed by atoms with E-state index in [1.54, 1.807) is 18.2 Å². The molecule has 0 radical (unpaired) electrons. The molecule has 4 amide bonds. The Morgan fingerprint density at radius 3 is 2.52 bits per heavy atom. The first-order valence-corrected chi connectivity index (χ1v) is 12.5. The monoisotopic (exact) mass is 475 g/mol. The molecule has 1 aromatic rings. The summed E-state index contributed by atoms with van der Waals surface area (Å²) in [5, 5.41) is 6.11. The largest absolute Gasteiger partial charge is 0.336 e. The summed E-state index contributed by atoms with van der Waals surface area (Å²) in [6, 6.07) is 4.50. The molecule has 180 valence electrons. The van der Waals surface area contributed by atoms with Gasteiger partial charge in [0.05, 0.1) is 10.7 Å². The Labute approximate surface area is 200 Å². The van der Waals surface area contributed by atoms with Crippen molar-refractivity contribution in [3.63, 3.8) is 0 Å². The normalized spacial score (nSPS) is 20.8. The van der Waals surface area contributed by atoms with E-state index in [2.05, 4.69) is 15.5 Å². The van der Waals surface area contributed by atoms with Gasteiger partial charge in [-0.2, -0.15) is 0 Å². The highest BCUT2D eigenvalue weighted by molar-refractivity contribution is 6.34. The van der Waals surface area contributed by atoms with Crippen LogP contribution in [0.4, 0.5) is 10.5 Å². The summed E-state index contributed by atoms with van der Waals surface area (Å²) in [6.45, 7) is 6.85. The maximum absolute atomic E-state index is 13.1. The molecule has 0 saturated carbocycles. The molecular formula is C24H34ClN5O3. The van der Waals surface area contributed by atoms with Gasteiger partial charge in [-0.1, -0.05) is 24.4 Å². The third-order valence-corrected chi connectivity index (χ3v) is 7.31. The van der Waals surface area contributed by atoms with Crippen LogP contribution in [0.1, 0.15) is 48.9 Å². The number of nitrogens with one attached hydrogen (secondary N) is 2. The SMILES string of the molecule is O=C1CCN(c2cc(C(=O)N3CCN(CCCCC4CCNCC4)CC3)ccc2Cl)C(=O)N1. The van der Waals surface area contributed by atoms with Crippen molar-refractivity contribution in [3.8, 4) is 0 Å². The van der Waals surface area contributed by atoms with Crippen LogP contribution in [-0.2, 0) is 4.79 Å². The molecule has 8 nitrogen and oxygen atoms in total. The van der Waals surface area contributed by atoms with Gasteiger partial charge in [0.2, 0.25) is 5.91 Å². The van der Waals surface area contributed by atoms with Crippen LogP contribution >= 0.6 is 11.6 Å². The third-order valence-electron chi connectivity index (χ3n) is 6.99. The maximum atomic E-state index is 13.1. The van der Waals surface area contributed by atoms with Crippen LogP contribution in [0.2, 0.25) is 5.02 Å². The number of imide groups is 1. The standard InChI is InChI=1S/C24H34ClN5O3/c25-20-5-4-19(17-21(20)30-12-8-22(31)27-24(30)33)23(32)29-15-13-28(14-16-29)11-2-1-3-18-6-9-26-10-7-18/h4-5,17-18,26H,1-3,6-16H2,(H,27,31,33). The van der Waals surface area contributed by atoms with Crippen molar-refractivity contribution in [3.05, 3.63) is 28.8 Å². The molecule has 3 heterocycles. The predicted octanol–water partition coefficient (Wildman–Crippen LogP) is 2.71. The smallest absolute Gasteiger partial charge is 0.328 e. The van der Waals surface area contributed by atoms with Gasteiger partial charge >= 0.3 is 6.03 Å². The second kappa shape index (κ2) is 11.3. The van der Waals surface area contributed by atoms with Crippen molar-refractivity contribution in [1.82, 2.24) is 20.4 Å². The van der Waals surface area contributed by atoms with Crippen LogP contribution in [0.15, 0.2) is 18.2 Å². The van der Waals surface area contributed by atoms with Gasteiger partial charge in [-0.3, -0.25) is 24.7 Å². The fraction of sp³-hybridized carbons (Fsp3) is 0.625. The lowest BCUT2D eigenvalue weighted by molar-refractivity contribution is -0.120. The van der Waals surface area contributed by atoms with Gasteiger partial charge in [-0.15, -0.1) is 0 Å². The third kappa shape index (κ3) is 6.25. The van der Waals surface area contributed by atoms with Crippen molar-refractivity contribution >= 4 is 35.1 Å². The Kier molecular flexibility index (Phi) is 8.22. The number of carbonyl (C=O) groups is 3. The number of amides is 4. The zero-order valence-corrected chi connectivity index (χ0v) is 19.9. The van der Waals surface area contributed by atoms with Gasteiger partial charge in [0.25, 0.3) is 5.91 Å². The molecule has 9 heteroatoms. The first-order chi connectivity index (χ1) is 16.0. The topological polar surface area (TPSA) is 85.0 Å². The summed E-state index contributed by atoms with van der Waals surface area (Å²) in [5.74, 6) is 0.539. The Hall–Kier alpha value is -2.16. The molecule has 3 saturated heterocycles. The Morgan fingerprint density at radius 2 is 1.79 bits per heavy atom. The molecule has 33 heavy (non-hydrogen) atoms. The molecule has 3 aliphatic heterocycles. The van der Waals surface area contributed by atoms with Crippen LogP contribution in [-0.4, -0.2) is 80.0 Å². The average molecular weight is 476 g/mol. The molecule has 1 aromatic carbocycles. The van der Waals surface area contributed by atoms with E-state index in [9.17, 15) is 14.4 Å². The number of hydrogen-bond donors (Lipinski definition) is 2. The number of hydrogen-bond acceptors (Lipinski definition) is 5. The number of rotatable bonds is 7. The van der Waals surface area contributed by atoms with Crippen LogP contribution in [0.5, 0.6) is 0 Å². The van der Waals surface area contributed by atoms with Crippen molar-refractivity contribution in [1.29, 1.82) is 0 Å². The highest BCUT2D eigenvalue weighted by Gasteiger charge is 2.28. The zero-order valence-electron chi connectivity index (χ0n) is 19.2. The molecular weight excluding hydrogens is 442 g/mol. The molecule has 2 N–H and O–H groups in total. The summed E-state index contributed by atoms with van der Waals surface area (Å²) >= 11 is 6.31. The highest BCUT2D eigenvalue weighted by Crippen LogP contribution is 2.29. The molecule has 3 aliphatic rings. The number of carbonyl (C=O) groups excluding carboxylic acids is 3. The van der Waals surface area contributed by atoms with E-state index in [-0.39, 0.29) is 24.8 Å². The number of benzene rings is 1. The molecule has 0 atom stereocenters. The molecule has 0 bridgehead atoms. The molecule has 0 spiro atoms. The van der Waals surface area contributed by atoms with Crippen LogP contribution in [0.3, 0.4) is 0 Å². The number of urea groups is 1. The Balaban J connectivity index is 1.25. The van der Waals surface area contributed by atoms with Crippen molar-refractivity contribution in [2.24, 2.45) is 5.92 Å². The van der Waals surface area contributed by atoms with E-state index in [0.717, 1.165) is 25.6 Å². The minimum atomic E-state index is -0.508. The molecule has 0 aromatic heterocycles. The summed E-state index contributed by atoms with van der Waals surface area (Å²) < 4.78 is 0. The fourth-order valence-electron chi connectivity index (χ4n) is 4.94. The minimum Gasteiger partial charge on any atom is -0.336 e. The van der Waals surface area contributed by atoms with Crippen molar-refractivity contribution in [2.45, 2.75) is 38.5 Å². The van der Waals surface area contributed by atoms with Gasteiger partial charge in [0.1, 0.15) is 0 Å². The van der Waals surface area contributed by atoms with E-state index in [1.165, 1.54) is 50.1 Å². The summed E-state index contributed by atoms with van der Waals surface area (Å²) in [7, 11) is 0. The predicted molar refractivity (Wildman–Crippen MR) is 129 cm³/mol. The number of piperazine rings is 1. The van der Waals surface area contributed by atoms with Crippen molar-refractivity contribution in [2.75, 3.05) is 57.3 Å². The lowest BCUT2D eigenvalue weighted by Gasteiger charge is -2.35. The summed E-state index contributed by atoms with van der Waals surface area (Å²) in [4.78, 5) is 42.5. The first kappa shape index (κ1) is 24.0. The lowest BCUT2D eigenvalue weighted by atomic mass is 9.92. The summed E-state index contributed by atoms with van der Waals surface area (Å²) in [6.07, 6.45) is 6.68. The van der Waals surface area contributed by atoms with Gasteiger partial charge in [0, 0.05) is 44.7 Å². The molecule has 0 aliphatic carbocycles. The number of unbranched alkanes of at least 4 members (excludes halogenated alkanes) is 1. The quantitative estimate of drug-likeness (QED) is 0.592. The van der Waals surface area contributed by atoms with Crippen LogP contribution in [0.25, 0.3) is 0 Å². The number of nitrogens with zero attached hydrogens (tertiary/aromatic N) is 3. The minimum absolute atomic E-state index is 0.0491. The lowest BCUT2D eigenvalue weighted by Crippen LogP contribution is -2.50. The van der Waals surface area contributed by atoms with Gasteiger partial charge in [0.15, 0.2) is 0 Å². The second-order valence-electron chi connectivity index (χ2n) is 9.24. The van der Waals surface area contributed by atoms with Gasteiger partial charge < -0.3 is 10.2 Å². The van der Waals surface area contributed by atoms with E-state index >= 15 is 0 Å². The van der Waals surface area contributed by atoms with E-state index in [0.29, 0.717) is 29.4 Å². The van der Waals surface area contributed by atoms with E-state index in [4.69, 9.17) is 11.6 Å². The highest BCUT2D eigenvalue weighted by atomic mass is 35.5. The average Bonchev–Trinajstić information content (AvgIpc) is 2.83.